The third-order valence-electron chi connectivity index (χ3n) is 4.54. The van der Waals surface area contributed by atoms with Crippen molar-refractivity contribution in [3.8, 4) is 0 Å². The van der Waals surface area contributed by atoms with Crippen LogP contribution in [-0.2, 0) is 6.54 Å². The lowest BCUT2D eigenvalue weighted by Gasteiger charge is -2.21. The second-order valence-corrected chi connectivity index (χ2v) is 5.59. The largest absolute Gasteiger partial charge is 0.312 e. The fraction of sp³-hybridized carbons (Fsp3) is 0.769. The van der Waals surface area contributed by atoms with Crippen molar-refractivity contribution in [2.75, 3.05) is 6.54 Å². The molecule has 2 saturated carbocycles. The summed E-state index contributed by atoms with van der Waals surface area (Å²) in [7, 11) is 0. The Kier molecular flexibility index (Phi) is 2.72. The van der Waals surface area contributed by atoms with E-state index in [0.717, 1.165) is 24.3 Å². The number of fused-ring (bicyclic) bond motifs is 2. The first-order valence-electron chi connectivity index (χ1n) is 6.52. The van der Waals surface area contributed by atoms with Crippen LogP contribution in [0, 0.1) is 24.7 Å². The van der Waals surface area contributed by atoms with E-state index in [1.807, 2.05) is 6.20 Å². The van der Waals surface area contributed by atoms with Crippen LogP contribution in [0.2, 0.25) is 0 Å². The van der Waals surface area contributed by atoms with E-state index in [9.17, 15) is 0 Å². The van der Waals surface area contributed by atoms with Crippen LogP contribution in [0.3, 0.4) is 0 Å². The van der Waals surface area contributed by atoms with Crippen LogP contribution in [-0.4, -0.2) is 16.7 Å². The van der Waals surface area contributed by atoms with Gasteiger partial charge in [-0.2, -0.15) is 5.10 Å². The Labute approximate surface area is 97.0 Å². The molecule has 3 nitrogen and oxygen atoms in total. The highest BCUT2D eigenvalue weighted by Crippen LogP contribution is 2.47. The number of hydrogen-bond donors (Lipinski definition) is 2. The summed E-state index contributed by atoms with van der Waals surface area (Å²) in [4.78, 5) is 0. The van der Waals surface area contributed by atoms with E-state index in [2.05, 4.69) is 22.4 Å². The van der Waals surface area contributed by atoms with Crippen molar-refractivity contribution >= 4 is 0 Å². The average Bonchev–Trinajstić information content (AvgIpc) is 2.96. The molecule has 1 aromatic heterocycles. The van der Waals surface area contributed by atoms with E-state index in [0.29, 0.717) is 0 Å². The molecular formula is C13H21N3. The minimum Gasteiger partial charge on any atom is -0.312 e. The lowest BCUT2D eigenvalue weighted by molar-refractivity contribution is 0.318. The molecule has 0 aliphatic heterocycles. The first-order valence-corrected chi connectivity index (χ1v) is 6.52. The molecule has 2 fully saturated rings. The second kappa shape index (κ2) is 4.21. The van der Waals surface area contributed by atoms with E-state index in [4.69, 9.17) is 0 Å². The lowest BCUT2D eigenvalue weighted by atomic mass is 9.89. The predicted molar refractivity (Wildman–Crippen MR) is 64.0 cm³/mol. The summed E-state index contributed by atoms with van der Waals surface area (Å²) in [6.07, 6.45) is 7.91. The SMILES string of the molecule is Cc1[nH]ncc1CNCC1CC2CCC1C2. The third kappa shape index (κ3) is 1.88. The number of aryl methyl sites for hydroxylation is 1. The van der Waals surface area contributed by atoms with Crippen LogP contribution < -0.4 is 5.32 Å². The molecule has 0 aromatic carbocycles. The van der Waals surface area contributed by atoms with Crippen molar-refractivity contribution < 1.29 is 0 Å². The zero-order valence-corrected chi connectivity index (χ0v) is 10.00. The summed E-state index contributed by atoms with van der Waals surface area (Å²) in [6, 6.07) is 0. The molecule has 3 atom stereocenters. The monoisotopic (exact) mass is 219 g/mol. The van der Waals surface area contributed by atoms with Crippen molar-refractivity contribution in [1.29, 1.82) is 0 Å². The number of H-pyrrole nitrogens is 1. The summed E-state index contributed by atoms with van der Waals surface area (Å²) in [6.45, 7) is 4.25. The molecule has 3 unspecified atom stereocenters. The molecule has 1 aromatic rings. The molecule has 3 rings (SSSR count). The average molecular weight is 219 g/mol. The van der Waals surface area contributed by atoms with Gasteiger partial charge in [0.05, 0.1) is 6.20 Å². The van der Waals surface area contributed by atoms with Crippen LogP contribution in [0.4, 0.5) is 0 Å². The molecule has 88 valence electrons. The highest BCUT2D eigenvalue weighted by molar-refractivity contribution is 5.13. The Morgan fingerprint density at radius 2 is 2.38 bits per heavy atom. The van der Waals surface area contributed by atoms with Gasteiger partial charge in [0.25, 0.3) is 0 Å². The Hall–Kier alpha value is -0.830. The van der Waals surface area contributed by atoms with E-state index >= 15 is 0 Å². The third-order valence-corrected chi connectivity index (χ3v) is 4.54. The highest BCUT2D eigenvalue weighted by Gasteiger charge is 2.38. The summed E-state index contributed by atoms with van der Waals surface area (Å²) >= 11 is 0. The van der Waals surface area contributed by atoms with Gasteiger partial charge in [0.2, 0.25) is 0 Å². The Morgan fingerprint density at radius 3 is 3.00 bits per heavy atom. The van der Waals surface area contributed by atoms with E-state index in [1.54, 1.807) is 0 Å². The van der Waals surface area contributed by atoms with Gasteiger partial charge in [-0.3, -0.25) is 5.10 Å². The first kappa shape index (κ1) is 10.3. The van der Waals surface area contributed by atoms with Gasteiger partial charge in [-0.1, -0.05) is 6.42 Å². The molecule has 0 spiro atoms. The fourth-order valence-corrected chi connectivity index (χ4v) is 3.57. The molecule has 2 N–H and O–H groups in total. The predicted octanol–water partition coefficient (Wildman–Crippen LogP) is 2.24. The van der Waals surface area contributed by atoms with Crippen LogP contribution >= 0.6 is 0 Å². The van der Waals surface area contributed by atoms with Crippen molar-refractivity contribution in [3.05, 3.63) is 17.5 Å². The van der Waals surface area contributed by atoms with Gasteiger partial charge in [-0.25, -0.2) is 0 Å². The minimum atomic E-state index is 0.950. The van der Waals surface area contributed by atoms with Crippen LogP contribution in [0.15, 0.2) is 6.20 Å². The van der Waals surface area contributed by atoms with Gasteiger partial charge in [-0.05, 0) is 50.5 Å². The minimum absolute atomic E-state index is 0.950. The van der Waals surface area contributed by atoms with E-state index in [1.165, 1.54) is 43.5 Å². The van der Waals surface area contributed by atoms with Gasteiger partial charge in [0, 0.05) is 17.8 Å². The smallest absolute Gasteiger partial charge is 0.0535 e. The molecule has 0 radical (unpaired) electrons. The lowest BCUT2D eigenvalue weighted by Crippen LogP contribution is -2.26. The highest BCUT2D eigenvalue weighted by atomic mass is 15.1. The summed E-state index contributed by atoms with van der Waals surface area (Å²) in [5.41, 5.74) is 2.50. The van der Waals surface area contributed by atoms with Crippen molar-refractivity contribution in [2.45, 2.75) is 39.2 Å². The standard InChI is InChI=1S/C13H21N3/c1-9-13(8-15-16-9)7-14-6-12-5-10-2-3-11(12)4-10/h8,10-12,14H,2-7H2,1H3,(H,15,16). The fourth-order valence-electron chi connectivity index (χ4n) is 3.57. The molecule has 2 bridgehead atoms. The molecule has 0 saturated heterocycles. The maximum atomic E-state index is 4.05. The van der Waals surface area contributed by atoms with Gasteiger partial charge >= 0.3 is 0 Å². The zero-order valence-electron chi connectivity index (χ0n) is 10.00. The van der Waals surface area contributed by atoms with E-state index in [-0.39, 0.29) is 0 Å². The van der Waals surface area contributed by atoms with Gasteiger partial charge in [0.1, 0.15) is 0 Å². The van der Waals surface area contributed by atoms with Gasteiger partial charge in [0.15, 0.2) is 0 Å². The first-order chi connectivity index (χ1) is 7.83. The topological polar surface area (TPSA) is 40.7 Å². The molecule has 16 heavy (non-hydrogen) atoms. The molecule has 2 aliphatic carbocycles. The van der Waals surface area contributed by atoms with Crippen LogP contribution in [0.25, 0.3) is 0 Å². The Bertz CT molecular complexity index is 358. The molecular weight excluding hydrogens is 198 g/mol. The van der Waals surface area contributed by atoms with Crippen molar-refractivity contribution in [1.82, 2.24) is 15.5 Å². The normalized spacial score (nSPS) is 32.4. The molecule has 3 heteroatoms. The van der Waals surface area contributed by atoms with Crippen LogP contribution in [0.1, 0.15) is 36.9 Å². The summed E-state index contributed by atoms with van der Waals surface area (Å²) in [5, 5.41) is 10.6. The maximum absolute atomic E-state index is 4.05. The second-order valence-electron chi connectivity index (χ2n) is 5.59. The van der Waals surface area contributed by atoms with Crippen LogP contribution in [0.5, 0.6) is 0 Å². The Balaban J connectivity index is 1.46. The zero-order chi connectivity index (χ0) is 11.0. The number of nitrogens with one attached hydrogen (secondary N) is 2. The van der Waals surface area contributed by atoms with Gasteiger partial charge < -0.3 is 5.32 Å². The summed E-state index contributed by atoms with van der Waals surface area (Å²) in [5.74, 6) is 3.04. The number of aromatic nitrogens is 2. The number of hydrogen-bond acceptors (Lipinski definition) is 2. The number of nitrogens with zero attached hydrogens (tertiary/aromatic N) is 1. The van der Waals surface area contributed by atoms with Crippen molar-refractivity contribution in [3.63, 3.8) is 0 Å². The molecule has 2 aliphatic rings. The number of aromatic amines is 1. The quantitative estimate of drug-likeness (QED) is 0.815. The van der Waals surface area contributed by atoms with E-state index < -0.39 is 0 Å². The molecule has 0 amide bonds. The van der Waals surface area contributed by atoms with Crippen molar-refractivity contribution in [2.24, 2.45) is 17.8 Å². The molecule has 1 heterocycles. The summed E-state index contributed by atoms with van der Waals surface area (Å²) < 4.78 is 0. The Morgan fingerprint density at radius 1 is 1.44 bits per heavy atom. The number of rotatable bonds is 4. The van der Waals surface area contributed by atoms with Gasteiger partial charge in [-0.15, -0.1) is 0 Å². The maximum Gasteiger partial charge on any atom is 0.0535 e.